The minimum absolute atomic E-state index is 0.0432. The highest BCUT2D eigenvalue weighted by atomic mass is 16.5. The third kappa shape index (κ3) is 5.22. The second-order valence-electron chi connectivity index (χ2n) is 7.21. The molecule has 0 radical (unpaired) electrons. The largest absolute Gasteiger partial charge is 0.493 e. The summed E-state index contributed by atoms with van der Waals surface area (Å²) in [5.41, 5.74) is 2.55. The normalized spacial score (nSPS) is 15.4. The summed E-state index contributed by atoms with van der Waals surface area (Å²) in [5, 5.41) is 0. The van der Waals surface area contributed by atoms with Crippen LogP contribution >= 0.6 is 0 Å². The van der Waals surface area contributed by atoms with Gasteiger partial charge in [0, 0.05) is 5.57 Å². The maximum Gasteiger partial charge on any atom is 0.161 e. The molecule has 1 fully saturated rings. The van der Waals surface area contributed by atoms with Crippen LogP contribution in [0.1, 0.15) is 50.2 Å². The topological polar surface area (TPSA) is 35.5 Å². The van der Waals surface area contributed by atoms with E-state index >= 15 is 0 Å². The number of ether oxygens (including phenoxy) is 2. The number of carbonyl (C=O) groups excluding carboxylic acids is 1. The Balaban J connectivity index is 1.83. The van der Waals surface area contributed by atoms with Crippen molar-refractivity contribution in [3.63, 3.8) is 0 Å². The molecule has 2 aromatic carbocycles. The fourth-order valence-corrected chi connectivity index (χ4v) is 3.63. The molecule has 0 aromatic heterocycles. The molecule has 1 aliphatic carbocycles. The lowest BCUT2D eigenvalue weighted by Crippen LogP contribution is -2.15. The third-order valence-electron chi connectivity index (χ3n) is 5.16. The quantitative estimate of drug-likeness (QED) is 0.461. The van der Waals surface area contributed by atoms with E-state index < -0.39 is 0 Å². The summed E-state index contributed by atoms with van der Waals surface area (Å²) >= 11 is 0. The molecule has 3 rings (SSSR count). The lowest BCUT2D eigenvalue weighted by molar-refractivity contribution is -0.111. The van der Waals surface area contributed by atoms with Crippen LogP contribution in [0.25, 0.3) is 11.6 Å². The molecule has 1 aliphatic rings. The smallest absolute Gasteiger partial charge is 0.161 e. The second kappa shape index (κ2) is 9.40. The molecule has 0 saturated heterocycles. The van der Waals surface area contributed by atoms with E-state index in [1.807, 2.05) is 54.6 Å². The highest BCUT2D eigenvalue weighted by Crippen LogP contribution is 2.32. The van der Waals surface area contributed by atoms with Crippen LogP contribution in [0.4, 0.5) is 0 Å². The Morgan fingerprint density at radius 1 is 1.04 bits per heavy atom. The zero-order chi connectivity index (χ0) is 19.1. The molecule has 0 aliphatic heterocycles. The summed E-state index contributed by atoms with van der Waals surface area (Å²) in [7, 11) is 1.66. The molecule has 0 unspecified atom stereocenters. The van der Waals surface area contributed by atoms with Gasteiger partial charge in [-0.15, -0.1) is 0 Å². The average Bonchev–Trinajstić information content (AvgIpc) is 2.71. The van der Waals surface area contributed by atoms with Gasteiger partial charge in [0.25, 0.3) is 0 Å². The summed E-state index contributed by atoms with van der Waals surface area (Å²) in [6, 6.07) is 15.6. The lowest BCUT2D eigenvalue weighted by atomic mass is 9.90. The maximum absolute atomic E-state index is 12.2. The molecule has 0 spiro atoms. The van der Waals surface area contributed by atoms with Gasteiger partial charge in [0.15, 0.2) is 17.3 Å². The number of carbonyl (C=O) groups is 1. The van der Waals surface area contributed by atoms with Gasteiger partial charge >= 0.3 is 0 Å². The number of Topliss-reactive ketones (excluding diaryl/α,β-unsaturated/α-hetero) is 1. The van der Waals surface area contributed by atoms with Gasteiger partial charge in [0.1, 0.15) is 0 Å². The molecule has 0 N–H and O–H groups in total. The SMILES string of the molecule is COc1ccc(/C=C(/C(C)=O)c2ccccc2)cc1OCC1CCCCC1. The predicted molar refractivity (Wildman–Crippen MR) is 110 cm³/mol. The van der Waals surface area contributed by atoms with Crippen LogP contribution in [0.5, 0.6) is 11.5 Å². The molecule has 3 nitrogen and oxygen atoms in total. The first-order valence-corrected chi connectivity index (χ1v) is 9.76. The van der Waals surface area contributed by atoms with Gasteiger partial charge in [-0.05, 0) is 55.0 Å². The maximum atomic E-state index is 12.2. The summed E-state index contributed by atoms with van der Waals surface area (Å²) in [5.74, 6) is 2.14. The average molecular weight is 364 g/mol. The minimum atomic E-state index is 0.0432. The van der Waals surface area contributed by atoms with Gasteiger partial charge in [-0.1, -0.05) is 55.7 Å². The van der Waals surface area contributed by atoms with Crippen molar-refractivity contribution in [2.75, 3.05) is 13.7 Å². The van der Waals surface area contributed by atoms with E-state index in [0.717, 1.165) is 29.2 Å². The van der Waals surface area contributed by atoms with E-state index in [0.29, 0.717) is 11.5 Å². The van der Waals surface area contributed by atoms with Crippen molar-refractivity contribution < 1.29 is 14.3 Å². The summed E-state index contributed by atoms with van der Waals surface area (Å²) in [4.78, 5) is 12.2. The molecule has 1 saturated carbocycles. The number of hydrogen-bond donors (Lipinski definition) is 0. The third-order valence-corrected chi connectivity index (χ3v) is 5.16. The lowest BCUT2D eigenvalue weighted by Gasteiger charge is -2.22. The van der Waals surface area contributed by atoms with E-state index in [1.165, 1.54) is 32.1 Å². The number of ketones is 1. The number of methoxy groups -OCH3 is 1. The monoisotopic (exact) mass is 364 g/mol. The van der Waals surface area contributed by atoms with Crippen LogP contribution in [0.15, 0.2) is 48.5 Å². The molecule has 3 heteroatoms. The molecule has 2 aromatic rings. The fraction of sp³-hybridized carbons (Fsp3) is 0.375. The van der Waals surface area contributed by atoms with Crippen molar-refractivity contribution in [3.05, 3.63) is 59.7 Å². The molecule has 142 valence electrons. The highest BCUT2D eigenvalue weighted by molar-refractivity contribution is 6.24. The fourth-order valence-electron chi connectivity index (χ4n) is 3.63. The van der Waals surface area contributed by atoms with E-state index in [9.17, 15) is 4.79 Å². The van der Waals surface area contributed by atoms with Crippen molar-refractivity contribution in [2.45, 2.75) is 39.0 Å². The number of rotatable bonds is 7. The van der Waals surface area contributed by atoms with Gasteiger partial charge in [-0.2, -0.15) is 0 Å². The summed E-state index contributed by atoms with van der Waals surface area (Å²) in [6.07, 6.45) is 8.34. The standard InChI is InChI=1S/C24H28O3/c1-18(25)22(21-11-7-4-8-12-21)15-20-13-14-23(26-2)24(16-20)27-17-19-9-5-3-6-10-19/h4,7-8,11-16,19H,3,5-6,9-10,17H2,1-2H3/b22-15-. The van der Waals surface area contributed by atoms with Gasteiger partial charge < -0.3 is 9.47 Å². The van der Waals surface area contributed by atoms with Gasteiger partial charge in [0.2, 0.25) is 0 Å². The van der Waals surface area contributed by atoms with Crippen LogP contribution < -0.4 is 9.47 Å². The van der Waals surface area contributed by atoms with Gasteiger partial charge in [0.05, 0.1) is 13.7 Å². The first-order valence-electron chi connectivity index (χ1n) is 9.76. The predicted octanol–water partition coefficient (Wildman–Crippen LogP) is 5.78. The van der Waals surface area contributed by atoms with Crippen molar-refractivity contribution in [1.82, 2.24) is 0 Å². The summed E-state index contributed by atoms with van der Waals surface area (Å²) < 4.78 is 11.6. The number of hydrogen-bond acceptors (Lipinski definition) is 3. The van der Waals surface area contributed by atoms with Crippen molar-refractivity contribution in [3.8, 4) is 11.5 Å². The van der Waals surface area contributed by atoms with Crippen LogP contribution in [0.2, 0.25) is 0 Å². The van der Waals surface area contributed by atoms with Crippen LogP contribution in [0, 0.1) is 5.92 Å². The second-order valence-corrected chi connectivity index (χ2v) is 7.21. The molecule has 0 amide bonds. The zero-order valence-corrected chi connectivity index (χ0v) is 16.2. The first kappa shape index (κ1) is 19.2. The summed E-state index contributed by atoms with van der Waals surface area (Å²) in [6.45, 7) is 2.32. The number of allylic oxidation sites excluding steroid dienone is 1. The number of benzene rings is 2. The molecular formula is C24H28O3. The molecular weight excluding hydrogens is 336 g/mol. The van der Waals surface area contributed by atoms with Gasteiger partial charge in [-0.3, -0.25) is 4.79 Å². The van der Waals surface area contributed by atoms with Crippen molar-refractivity contribution in [1.29, 1.82) is 0 Å². The highest BCUT2D eigenvalue weighted by Gasteiger charge is 2.15. The van der Waals surface area contributed by atoms with E-state index in [1.54, 1.807) is 14.0 Å². The van der Waals surface area contributed by atoms with Crippen LogP contribution in [0.3, 0.4) is 0 Å². The molecule has 0 bridgehead atoms. The Morgan fingerprint density at radius 2 is 1.78 bits per heavy atom. The Labute approximate surface area is 162 Å². The molecule has 27 heavy (non-hydrogen) atoms. The Kier molecular flexibility index (Phi) is 6.69. The Morgan fingerprint density at radius 3 is 2.44 bits per heavy atom. The first-order chi connectivity index (χ1) is 13.2. The Bertz CT molecular complexity index is 787. The molecule has 0 heterocycles. The minimum Gasteiger partial charge on any atom is -0.493 e. The molecule has 0 atom stereocenters. The van der Waals surface area contributed by atoms with Crippen molar-refractivity contribution >= 4 is 17.4 Å². The van der Waals surface area contributed by atoms with E-state index in [-0.39, 0.29) is 5.78 Å². The zero-order valence-electron chi connectivity index (χ0n) is 16.2. The van der Waals surface area contributed by atoms with Crippen LogP contribution in [-0.2, 0) is 4.79 Å². The van der Waals surface area contributed by atoms with Crippen molar-refractivity contribution in [2.24, 2.45) is 5.92 Å². The van der Waals surface area contributed by atoms with E-state index in [2.05, 4.69) is 0 Å². The van der Waals surface area contributed by atoms with Gasteiger partial charge in [-0.25, -0.2) is 0 Å². The Hall–Kier alpha value is -2.55. The van der Waals surface area contributed by atoms with E-state index in [4.69, 9.17) is 9.47 Å². The van der Waals surface area contributed by atoms with Crippen LogP contribution in [-0.4, -0.2) is 19.5 Å².